The minimum atomic E-state index is -0.801. The number of Topliss-reactive ketones (excluding diaryl/α,β-unsaturated/α-hetero) is 1. The third-order valence-corrected chi connectivity index (χ3v) is 11.7. The first-order chi connectivity index (χ1) is 25.1. The maximum atomic E-state index is 15.3. The Labute approximate surface area is 301 Å². The van der Waals surface area contributed by atoms with Gasteiger partial charge in [-0.2, -0.15) is 5.10 Å². The number of hydrogen-bond donors (Lipinski definition) is 2. The predicted octanol–water partition coefficient (Wildman–Crippen LogP) is 4.97. The van der Waals surface area contributed by atoms with E-state index in [9.17, 15) is 19.2 Å². The number of aromatic nitrogens is 4. The van der Waals surface area contributed by atoms with Gasteiger partial charge in [-0.05, 0) is 73.4 Å². The molecule has 2 N–H and O–H groups in total. The van der Waals surface area contributed by atoms with Crippen molar-refractivity contribution < 1.29 is 23.6 Å². The van der Waals surface area contributed by atoms with E-state index in [0.29, 0.717) is 36.2 Å². The number of allylic oxidation sites excluding steroid dienone is 1. The Hall–Kier alpha value is -5.26. The van der Waals surface area contributed by atoms with Crippen molar-refractivity contribution in [2.75, 3.05) is 13.1 Å². The summed E-state index contributed by atoms with van der Waals surface area (Å²) in [6.07, 6.45) is 8.02. The van der Waals surface area contributed by atoms with Gasteiger partial charge in [-0.15, -0.1) is 0 Å². The van der Waals surface area contributed by atoms with E-state index in [-0.39, 0.29) is 59.7 Å². The molecule has 4 bridgehead atoms. The van der Waals surface area contributed by atoms with E-state index < -0.39 is 17.8 Å². The number of rotatable bonds is 6. The molecule has 3 aliphatic heterocycles. The Morgan fingerprint density at radius 1 is 0.981 bits per heavy atom. The standard InChI is InChI=1S/C40H42FN7O4/c1-22(25-11-8-6-9-12-25)30(41)19-44-39(52)37-33-34-38-40(33,34)21-45-31(50)14-10-5-4-7-13-26-15-27(28-17-42-24(3)43-18-28)16-29-35(23(2)49)46-47(36(26)29)20-32(51)48(37)38/h6,8-9,11-12,15-18,33-34,37-38H,4-5,7,10,13-14,19-21H2,1-3H3,(H,44,52)(H,45,50)/b30-22+/t33?,34?,37-,38+,40-/m0/s1. The van der Waals surface area contributed by atoms with Gasteiger partial charge in [-0.3, -0.25) is 23.9 Å². The summed E-state index contributed by atoms with van der Waals surface area (Å²) in [4.78, 5) is 64.6. The van der Waals surface area contributed by atoms with Crippen LogP contribution in [0.5, 0.6) is 0 Å². The van der Waals surface area contributed by atoms with Crippen LogP contribution in [-0.2, 0) is 27.3 Å². The largest absolute Gasteiger partial charge is 0.355 e. The molecule has 4 fully saturated rings. The zero-order valence-electron chi connectivity index (χ0n) is 29.6. The minimum Gasteiger partial charge on any atom is -0.355 e. The molecule has 52 heavy (non-hydrogen) atoms. The SMILES string of the molecule is CC(=O)c1nn2c3c(cc(-c4cnc(C)nc4)cc13)CCCCCCC(=O)NC[C@]13C4C1[C@H]3N(C(=O)C2)[C@@H]4C(=O)NC/C(F)=C(/C)c1ccccc1. The molecule has 1 spiro atoms. The number of aryl methyl sites for hydroxylation is 2. The maximum Gasteiger partial charge on any atom is 0.245 e. The number of ketones is 1. The molecule has 5 heterocycles. The van der Waals surface area contributed by atoms with Crippen LogP contribution in [0.4, 0.5) is 4.39 Å². The van der Waals surface area contributed by atoms with Crippen LogP contribution in [0.15, 0.2) is 60.7 Å². The van der Waals surface area contributed by atoms with E-state index >= 15 is 4.39 Å². The van der Waals surface area contributed by atoms with Gasteiger partial charge in [0.05, 0.1) is 12.1 Å². The number of benzene rings is 2. The number of amides is 3. The van der Waals surface area contributed by atoms with Crippen LogP contribution in [0.2, 0.25) is 0 Å². The maximum absolute atomic E-state index is 15.3. The van der Waals surface area contributed by atoms with Crippen LogP contribution in [0.25, 0.3) is 27.6 Å². The van der Waals surface area contributed by atoms with Crippen LogP contribution >= 0.6 is 0 Å². The van der Waals surface area contributed by atoms with Gasteiger partial charge in [0.1, 0.15) is 29.9 Å². The van der Waals surface area contributed by atoms with Crippen molar-refractivity contribution in [1.29, 1.82) is 0 Å². The lowest BCUT2D eigenvalue weighted by molar-refractivity contribution is -0.139. The number of hydrogen-bond acceptors (Lipinski definition) is 7. The zero-order chi connectivity index (χ0) is 36.3. The molecule has 5 atom stereocenters. The van der Waals surface area contributed by atoms with E-state index in [2.05, 4.69) is 26.7 Å². The normalized spacial score (nSPS) is 25.9. The third-order valence-electron chi connectivity index (χ3n) is 11.7. The van der Waals surface area contributed by atoms with Crippen LogP contribution in [-0.4, -0.2) is 73.3 Å². The van der Waals surface area contributed by atoms with Crippen molar-refractivity contribution >= 4 is 40.0 Å². The van der Waals surface area contributed by atoms with E-state index in [1.807, 2.05) is 43.3 Å². The molecule has 3 amide bonds. The Morgan fingerprint density at radius 2 is 1.71 bits per heavy atom. The molecule has 2 saturated carbocycles. The molecule has 4 aromatic rings. The molecule has 2 unspecified atom stereocenters. The van der Waals surface area contributed by atoms with Crippen molar-refractivity contribution in [3.05, 3.63) is 83.3 Å². The Morgan fingerprint density at radius 3 is 2.44 bits per heavy atom. The van der Waals surface area contributed by atoms with Gasteiger partial charge in [0.2, 0.25) is 17.7 Å². The predicted molar refractivity (Wildman–Crippen MR) is 192 cm³/mol. The lowest BCUT2D eigenvalue weighted by Gasteiger charge is -2.24. The fourth-order valence-electron chi connectivity index (χ4n) is 8.90. The lowest BCUT2D eigenvalue weighted by Crippen LogP contribution is -2.47. The molecule has 11 nitrogen and oxygen atoms in total. The molecular formula is C40H42FN7O4. The summed E-state index contributed by atoms with van der Waals surface area (Å²) < 4.78 is 16.9. The van der Waals surface area contributed by atoms with Crippen LogP contribution in [0.1, 0.15) is 73.4 Å². The smallest absolute Gasteiger partial charge is 0.245 e. The molecule has 12 heteroatoms. The topological polar surface area (TPSA) is 139 Å². The second-order valence-electron chi connectivity index (χ2n) is 14.8. The first-order valence-corrected chi connectivity index (χ1v) is 18.2. The third kappa shape index (κ3) is 5.68. The molecule has 9 rings (SSSR count). The monoisotopic (exact) mass is 703 g/mol. The molecule has 2 aliphatic carbocycles. The summed E-state index contributed by atoms with van der Waals surface area (Å²) in [5.74, 6) is -0.796. The molecular weight excluding hydrogens is 661 g/mol. The molecule has 5 aliphatic rings. The quantitative estimate of drug-likeness (QED) is 0.271. The van der Waals surface area contributed by atoms with Gasteiger partial charge in [0.15, 0.2) is 5.78 Å². The summed E-state index contributed by atoms with van der Waals surface area (Å²) >= 11 is 0. The Kier molecular flexibility index (Phi) is 8.50. The number of nitrogens with one attached hydrogen (secondary N) is 2. The van der Waals surface area contributed by atoms with Gasteiger partial charge in [-0.1, -0.05) is 43.2 Å². The summed E-state index contributed by atoms with van der Waals surface area (Å²) in [6.45, 7) is 4.89. The van der Waals surface area contributed by atoms with Crippen molar-refractivity contribution in [1.82, 2.24) is 35.3 Å². The van der Waals surface area contributed by atoms with E-state index in [4.69, 9.17) is 5.10 Å². The second kappa shape index (κ2) is 13.1. The number of carbonyl (C=O) groups excluding carboxylic acids is 4. The molecule has 2 aromatic carbocycles. The van der Waals surface area contributed by atoms with E-state index in [1.165, 1.54) is 6.92 Å². The summed E-state index contributed by atoms with van der Waals surface area (Å²) in [6, 6.07) is 12.1. The fourth-order valence-corrected chi connectivity index (χ4v) is 8.90. The molecule has 2 saturated heterocycles. The van der Waals surface area contributed by atoms with Crippen molar-refractivity contribution in [2.45, 2.75) is 77.9 Å². The Bertz CT molecular complexity index is 2150. The number of piperidine rings is 1. The van der Waals surface area contributed by atoms with Crippen molar-refractivity contribution in [3.63, 3.8) is 0 Å². The average Bonchev–Trinajstić information content (AvgIpc) is 3.76. The minimum absolute atomic E-state index is 0.0234. The average molecular weight is 704 g/mol. The van der Waals surface area contributed by atoms with Crippen LogP contribution < -0.4 is 10.6 Å². The summed E-state index contributed by atoms with van der Waals surface area (Å²) in [5, 5.41) is 11.2. The number of nitrogens with zero attached hydrogens (tertiary/aromatic N) is 5. The first kappa shape index (κ1) is 33.9. The molecule has 2 aromatic heterocycles. The first-order valence-electron chi connectivity index (χ1n) is 18.2. The van der Waals surface area contributed by atoms with Crippen molar-refractivity contribution in [2.24, 2.45) is 17.3 Å². The van der Waals surface area contributed by atoms with Crippen LogP contribution in [0.3, 0.4) is 0 Å². The van der Waals surface area contributed by atoms with E-state index in [1.54, 1.807) is 28.9 Å². The molecule has 268 valence electrons. The van der Waals surface area contributed by atoms with Gasteiger partial charge in [-0.25, -0.2) is 14.4 Å². The Balaban J connectivity index is 1.14. The fraction of sp³-hybridized carbons (Fsp3) is 0.425. The highest BCUT2D eigenvalue weighted by Gasteiger charge is 2.96. The zero-order valence-corrected chi connectivity index (χ0v) is 29.6. The summed E-state index contributed by atoms with van der Waals surface area (Å²) in [7, 11) is 0. The van der Waals surface area contributed by atoms with Crippen LogP contribution in [0, 0.1) is 24.2 Å². The number of halogens is 1. The lowest BCUT2D eigenvalue weighted by atomic mass is 9.96. The number of carbonyl (C=O) groups is 4. The van der Waals surface area contributed by atoms with Gasteiger partial charge < -0.3 is 15.5 Å². The highest BCUT2D eigenvalue weighted by molar-refractivity contribution is 6.07. The van der Waals surface area contributed by atoms with Crippen molar-refractivity contribution in [3.8, 4) is 11.1 Å². The second-order valence-corrected chi connectivity index (χ2v) is 14.8. The van der Waals surface area contributed by atoms with Gasteiger partial charge in [0, 0.05) is 60.6 Å². The highest BCUT2D eigenvalue weighted by atomic mass is 19.1. The van der Waals surface area contributed by atoms with Gasteiger partial charge >= 0.3 is 0 Å². The summed E-state index contributed by atoms with van der Waals surface area (Å²) in [5.41, 5.74) is 4.39. The van der Waals surface area contributed by atoms with Gasteiger partial charge in [0.25, 0.3) is 0 Å². The van der Waals surface area contributed by atoms with E-state index in [0.717, 1.165) is 53.5 Å². The highest BCUT2D eigenvalue weighted by Crippen LogP contribution is 2.87. The molecule has 0 radical (unpaired) electrons.